The van der Waals surface area contributed by atoms with Crippen LogP contribution in [0.1, 0.15) is 30.5 Å². The predicted octanol–water partition coefficient (Wildman–Crippen LogP) is 6.95. The molecule has 1 heterocycles. The third kappa shape index (κ3) is 4.32. The fourth-order valence-electron chi connectivity index (χ4n) is 3.93. The number of aromatic hydroxyl groups is 1. The minimum absolute atomic E-state index is 0.320. The van der Waals surface area contributed by atoms with Crippen LogP contribution in [0.15, 0.2) is 48.5 Å². The van der Waals surface area contributed by atoms with Gasteiger partial charge in [0.25, 0.3) is 0 Å². The Hall–Kier alpha value is -2.82. The average Bonchev–Trinajstić information content (AvgIpc) is 2.75. The lowest BCUT2D eigenvalue weighted by atomic mass is 10.0. The molecule has 0 atom stereocenters. The molecular weight excluding hydrogens is 406 g/mol. The number of aromatic nitrogens is 1. The van der Waals surface area contributed by atoms with Gasteiger partial charge in [0, 0.05) is 33.6 Å². The molecule has 5 heteroatoms. The quantitative estimate of drug-likeness (QED) is 0.255. The predicted molar refractivity (Wildman–Crippen MR) is 132 cm³/mol. The van der Waals surface area contributed by atoms with Crippen molar-refractivity contribution < 1.29 is 5.11 Å². The van der Waals surface area contributed by atoms with Crippen LogP contribution in [0.2, 0.25) is 5.02 Å². The molecule has 0 fully saturated rings. The number of aryl methyl sites for hydroxylation is 2. The number of phenols is 1. The van der Waals surface area contributed by atoms with Gasteiger partial charge in [-0.25, -0.2) is 4.98 Å². The zero-order valence-corrected chi connectivity index (χ0v) is 19.2. The molecule has 4 rings (SSSR count). The van der Waals surface area contributed by atoms with E-state index in [-0.39, 0.29) is 0 Å². The number of rotatable bonds is 6. The Morgan fingerprint density at radius 1 is 0.903 bits per heavy atom. The molecule has 0 aliphatic heterocycles. The van der Waals surface area contributed by atoms with Gasteiger partial charge in [0.05, 0.1) is 16.7 Å². The van der Waals surface area contributed by atoms with Gasteiger partial charge in [0.15, 0.2) is 0 Å². The number of anilines is 2. The summed E-state index contributed by atoms with van der Waals surface area (Å²) in [5.41, 5.74) is 7.06. The molecular formula is C26H28ClN3O. The van der Waals surface area contributed by atoms with Crippen LogP contribution in [0.3, 0.4) is 0 Å². The van der Waals surface area contributed by atoms with Crippen molar-refractivity contribution in [1.29, 1.82) is 0 Å². The van der Waals surface area contributed by atoms with E-state index in [9.17, 15) is 5.11 Å². The van der Waals surface area contributed by atoms with Gasteiger partial charge in [-0.2, -0.15) is 0 Å². The normalized spacial score (nSPS) is 11.5. The highest BCUT2D eigenvalue weighted by Gasteiger charge is 2.13. The summed E-state index contributed by atoms with van der Waals surface area (Å²) in [5, 5.41) is 16.8. The molecule has 3 aromatic carbocycles. The highest BCUT2D eigenvalue weighted by atomic mass is 35.5. The summed E-state index contributed by atoms with van der Waals surface area (Å²) in [7, 11) is 0. The first kappa shape index (κ1) is 21.4. The molecule has 0 spiro atoms. The van der Waals surface area contributed by atoms with Crippen molar-refractivity contribution in [2.75, 3.05) is 18.4 Å². The van der Waals surface area contributed by atoms with Crippen LogP contribution in [0.5, 0.6) is 5.75 Å². The van der Waals surface area contributed by atoms with Gasteiger partial charge >= 0.3 is 0 Å². The first-order valence-electron chi connectivity index (χ1n) is 10.7. The molecule has 160 valence electrons. The van der Waals surface area contributed by atoms with E-state index in [0.717, 1.165) is 51.8 Å². The van der Waals surface area contributed by atoms with E-state index < -0.39 is 0 Å². The lowest BCUT2D eigenvalue weighted by Crippen LogP contribution is -2.22. The first-order chi connectivity index (χ1) is 14.9. The van der Waals surface area contributed by atoms with Crippen molar-refractivity contribution >= 4 is 44.8 Å². The van der Waals surface area contributed by atoms with Crippen molar-refractivity contribution in [2.24, 2.45) is 0 Å². The van der Waals surface area contributed by atoms with Crippen molar-refractivity contribution in [2.45, 2.75) is 34.2 Å². The molecule has 0 radical (unpaired) electrons. The number of benzene rings is 3. The van der Waals surface area contributed by atoms with Crippen LogP contribution >= 0.6 is 11.6 Å². The van der Waals surface area contributed by atoms with Crippen molar-refractivity contribution in [3.8, 4) is 5.75 Å². The van der Waals surface area contributed by atoms with Crippen molar-refractivity contribution in [3.05, 3.63) is 70.2 Å². The van der Waals surface area contributed by atoms with Gasteiger partial charge in [-0.3, -0.25) is 4.90 Å². The Kier molecular flexibility index (Phi) is 6.03. The van der Waals surface area contributed by atoms with E-state index in [1.807, 2.05) is 30.3 Å². The zero-order chi connectivity index (χ0) is 22.1. The molecule has 0 saturated heterocycles. The molecule has 2 N–H and O–H groups in total. The Morgan fingerprint density at radius 3 is 2.35 bits per heavy atom. The first-order valence-corrected chi connectivity index (χ1v) is 11.1. The molecule has 0 bridgehead atoms. The van der Waals surface area contributed by atoms with Gasteiger partial charge < -0.3 is 10.4 Å². The maximum atomic E-state index is 10.4. The van der Waals surface area contributed by atoms with Crippen LogP contribution in [-0.2, 0) is 6.54 Å². The molecule has 4 nitrogen and oxygen atoms in total. The van der Waals surface area contributed by atoms with E-state index in [0.29, 0.717) is 17.3 Å². The summed E-state index contributed by atoms with van der Waals surface area (Å²) >= 11 is 6.26. The second-order valence-electron chi connectivity index (χ2n) is 8.03. The summed E-state index contributed by atoms with van der Waals surface area (Å²) in [6.07, 6.45) is 0. The molecule has 0 aliphatic carbocycles. The smallest absolute Gasteiger partial charge is 0.120 e. The van der Waals surface area contributed by atoms with Crippen LogP contribution < -0.4 is 5.32 Å². The number of nitrogens with one attached hydrogen (secondary N) is 1. The number of hydrogen-bond donors (Lipinski definition) is 2. The summed E-state index contributed by atoms with van der Waals surface area (Å²) in [6.45, 7) is 11.1. The number of pyridine rings is 1. The van der Waals surface area contributed by atoms with E-state index in [1.165, 1.54) is 11.1 Å². The monoisotopic (exact) mass is 433 g/mol. The zero-order valence-electron chi connectivity index (χ0n) is 18.5. The van der Waals surface area contributed by atoms with E-state index in [4.69, 9.17) is 16.6 Å². The van der Waals surface area contributed by atoms with Crippen LogP contribution in [-0.4, -0.2) is 28.1 Å². The summed E-state index contributed by atoms with van der Waals surface area (Å²) in [4.78, 5) is 7.15. The molecule has 1 aromatic heterocycles. The largest absolute Gasteiger partial charge is 0.508 e. The summed E-state index contributed by atoms with van der Waals surface area (Å²) in [5.74, 6) is 0.320. The van der Waals surface area contributed by atoms with Gasteiger partial charge in [-0.05, 0) is 86.6 Å². The molecule has 0 unspecified atom stereocenters. The Morgan fingerprint density at radius 2 is 1.61 bits per heavy atom. The van der Waals surface area contributed by atoms with E-state index in [1.54, 1.807) is 6.07 Å². The number of halogens is 1. The van der Waals surface area contributed by atoms with E-state index in [2.05, 4.69) is 50.0 Å². The third-order valence-electron chi connectivity index (χ3n) is 5.99. The standard InChI is InChI=1S/C26H28ClN3O/c1-5-30(6-2)15-18-13-20(8-10-25(18)31)28-26-21-9-7-19(27)14-24(21)29-23-12-17(4)16(3)11-22(23)26/h7-14,31H,5-6,15H2,1-4H3,(H,28,29). The van der Waals surface area contributed by atoms with Crippen molar-refractivity contribution in [1.82, 2.24) is 9.88 Å². The molecule has 0 aliphatic rings. The number of hydrogen-bond acceptors (Lipinski definition) is 4. The summed E-state index contributed by atoms with van der Waals surface area (Å²) < 4.78 is 0. The highest BCUT2D eigenvalue weighted by molar-refractivity contribution is 6.31. The maximum absolute atomic E-state index is 10.4. The lowest BCUT2D eigenvalue weighted by Gasteiger charge is -2.20. The second-order valence-corrected chi connectivity index (χ2v) is 8.47. The minimum Gasteiger partial charge on any atom is -0.508 e. The Bertz CT molecular complexity index is 1260. The Labute approximate surface area is 188 Å². The van der Waals surface area contributed by atoms with E-state index >= 15 is 0 Å². The molecule has 0 saturated carbocycles. The Balaban J connectivity index is 1.86. The lowest BCUT2D eigenvalue weighted by molar-refractivity contribution is 0.291. The van der Waals surface area contributed by atoms with Gasteiger partial charge in [-0.15, -0.1) is 0 Å². The average molecular weight is 434 g/mol. The third-order valence-corrected chi connectivity index (χ3v) is 6.22. The van der Waals surface area contributed by atoms with Gasteiger partial charge in [0.1, 0.15) is 5.75 Å². The summed E-state index contributed by atoms with van der Waals surface area (Å²) in [6, 6.07) is 15.8. The number of fused-ring (bicyclic) bond motifs is 2. The van der Waals surface area contributed by atoms with Crippen LogP contribution in [0, 0.1) is 13.8 Å². The second kappa shape index (κ2) is 8.74. The van der Waals surface area contributed by atoms with Crippen molar-refractivity contribution in [3.63, 3.8) is 0 Å². The van der Waals surface area contributed by atoms with Crippen LogP contribution in [0.25, 0.3) is 21.8 Å². The minimum atomic E-state index is 0.320. The van der Waals surface area contributed by atoms with Crippen LogP contribution in [0.4, 0.5) is 11.4 Å². The fraction of sp³-hybridized carbons (Fsp3) is 0.269. The number of nitrogens with zero attached hydrogens (tertiary/aromatic N) is 2. The van der Waals surface area contributed by atoms with Gasteiger partial charge in [0.2, 0.25) is 0 Å². The topological polar surface area (TPSA) is 48.4 Å². The molecule has 31 heavy (non-hydrogen) atoms. The molecule has 4 aromatic rings. The molecule has 0 amide bonds. The number of phenolic OH excluding ortho intramolecular Hbond substituents is 1. The fourth-order valence-corrected chi connectivity index (χ4v) is 4.10. The SMILES string of the molecule is CCN(CC)Cc1cc(Nc2c3ccc(Cl)cc3nc3cc(C)c(C)cc23)ccc1O. The highest BCUT2D eigenvalue weighted by Crippen LogP contribution is 2.36. The van der Waals surface area contributed by atoms with Gasteiger partial charge in [-0.1, -0.05) is 25.4 Å². The maximum Gasteiger partial charge on any atom is 0.120 e.